The molecule has 1 rings (SSSR count). The SMILES string of the molecule is CC(C)(C)[Si](C)(C)OCCCCNc1ncnc(Cl)c1[N+](=O)[O-]. The van der Waals surface area contributed by atoms with Gasteiger partial charge in [-0.3, -0.25) is 10.1 Å². The highest BCUT2D eigenvalue weighted by Gasteiger charge is 2.36. The minimum absolute atomic E-state index is 0.153. The molecule has 7 nitrogen and oxygen atoms in total. The van der Waals surface area contributed by atoms with E-state index in [0.29, 0.717) is 13.2 Å². The van der Waals surface area contributed by atoms with Crippen LogP contribution in [0.3, 0.4) is 0 Å². The highest BCUT2D eigenvalue weighted by Crippen LogP contribution is 2.36. The molecule has 0 unspecified atom stereocenters. The van der Waals surface area contributed by atoms with E-state index in [1.54, 1.807) is 0 Å². The van der Waals surface area contributed by atoms with Crippen LogP contribution in [-0.2, 0) is 4.43 Å². The van der Waals surface area contributed by atoms with Gasteiger partial charge in [0.15, 0.2) is 8.32 Å². The van der Waals surface area contributed by atoms with E-state index in [4.69, 9.17) is 16.0 Å². The molecule has 0 atom stereocenters. The van der Waals surface area contributed by atoms with E-state index in [2.05, 4.69) is 49.1 Å². The molecule has 1 heterocycles. The van der Waals surface area contributed by atoms with Crippen LogP contribution >= 0.6 is 11.6 Å². The van der Waals surface area contributed by atoms with Crippen molar-refractivity contribution in [2.24, 2.45) is 0 Å². The number of nitro groups is 1. The Labute approximate surface area is 143 Å². The lowest BCUT2D eigenvalue weighted by Crippen LogP contribution is -2.41. The number of hydrogen-bond donors (Lipinski definition) is 1. The minimum Gasteiger partial charge on any atom is -0.417 e. The summed E-state index contributed by atoms with van der Waals surface area (Å²) in [5.74, 6) is 0.153. The summed E-state index contributed by atoms with van der Waals surface area (Å²) < 4.78 is 6.08. The molecular weight excluding hydrogens is 336 g/mol. The summed E-state index contributed by atoms with van der Waals surface area (Å²) in [6.45, 7) is 12.3. The lowest BCUT2D eigenvalue weighted by atomic mass is 10.2. The Balaban J connectivity index is 2.40. The van der Waals surface area contributed by atoms with Crippen molar-refractivity contribution in [2.75, 3.05) is 18.5 Å². The van der Waals surface area contributed by atoms with Gasteiger partial charge in [0.05, 0.1) is 4.92 Å². The van der Waals surface area contributed by atoms with E-state index in [1.165, 1.54) is 6.33 Å². The van der Waals surface area contributed by atoms with Crippen LogP contribution in [0.5, 0.6) is 0 Å². The Kier molecular flexibility index (Phi) is 6.91. The predicted octanol–water partition coefficient (Wildman–Crippen LogP) is 4.25. The lowest BCUT2D eigenvalue weighted by molar-refractivity contribution is -0.384. The van der Waals surface area contributed by atoms with Crippen LogP contribution in [0.15, 0.2) is 6.33 Å². The molecule has 0 amide bonds. The highest BCUT2D eigenvalue weighted by atomic mass is 35.5. The Morgan fingerprint density at radius 3 is 2.57 bits per heavy atom. The van der Waals surface area contributed by atoms with Crippen molar-refractivity contribution < 1.29 is 9.35 Å². The molecule has 0 saturated carbocycles. The van der Waals surface area contributed by atoms with Crippen LogP contribution in [0.2, 0.25) is 23.3 Å². The first-order chi connectivity index (χ1) is 10.6. The van der Waals surface area contributed by atoms with Gasteiger partial charge in [0.1, 0.15) is 6.33 Å². The Morgan fingerprint density at radius 1 is 1.35 bits per heavy atom. The summed E-state index contributed by atoms with van der Waals surface area (Å²) in [5, 5.41) is 13.9. The maximum absolute atomic E-state index is 11.0. The largest absolute Gasteiger partial charge is 0.417 e. The first-order valence-electron chi connectivity index (χ1n) is 7.59. The molecule has 1 N–H and O–H groups in total. The van der Waals surface area contributed by atoms with Crippen molar-refractivity contribution in [3.63, 3.8) is 0 Å². The molecule has 0 spiro atoms. The number of anilines is 1. The number of halogens is 1. The van der Waals surface area contributed by atoms with E-state index in [1.807, 2.05) is 0 Å². The normalized spacial score (nSPS) is 12.3. The zero-order chi connectivity index (χ0) is 17.7. The quantitative estimate of drug-likeness (QED) is 0.245. The van der Waals surface area contributed by atoms with Crippen LogP contribution in [0.4, 0.5) is 11.5 Å². The molecule has 130 valence electrons. The molecule has 0 aliphatic carbocycles. The molecule has 9 heteroatoms. The number of aromatic nitrogens is 2. The maximum atomic E-state index is 11.0. The monoisotopic (exact) mass is 360 g/mol. The fourth-order valence-corrected chi connectivity index (χ4v) is 2.92. The van der Waals surface area contributed by atoms with Crippen LogP contribution in [0.25, 0.3) is 0 Å². The fourth-order valence-electron chi connectivity index (χ4n) is 1.63. The molecular formula is C14H25ClN4O3Si. The van der Waals surface area contributed by atoms with E-state index in [-0.39, 0.29) is 21.7 Å². The van der Waals surface area contributed by atoms with Crippen LogP contribution in [-0.4, -0.2) is 36.4 Å². The van der Waals surface area contributed by atoms with E-state index in [9.17, 15) is 10.1 Å². The summed E-state index contributed by atoms with van der Waals surface area (Å²) in [5.41, 5.74) is -0.285. The van der Waals surface area contributed by atoms with Crippen molar-refractivity contribution in [1.29, 1.82) is 0 Å². The van der Waals surface area contributed by atoms with Crippen molar-refractivity contribution in [1.82, 2.24) is 9.97 Å². The van der Waals surface area contributed by atoms with Crippen molar-refractivity contribution in [3.8, 4) is 0 Å². The van der Waals surface area contributed by atoms with E-state index >= 15 is 0 Å². The smallest absolute Gasteiger partial charge is 0.348 e. The first-order valence-corrected chi connectivity index (χ1v) is 10.9. The fraction of sp³-hybridized carbons (Fsp3) is 0.714. The van der Waals surface area contributed by atoms with Gasteiger partial charge >= 0.3 is 5.69 Å². The summed E-state index contributed by atoms with van der Waals surface area (Å²) in [6, 6.07) is 0. The topological polar surface area (TPSA) is 90.2 Å². The summed E-state index contributed by atoms with van der Waals surface area (Å²) >= 11 is 5.73. The lowest BCUT2D eigenvalue weighted by Gasteiger charge is -2.36. The standard InChI is InChI=1S/C14H25ClN4O3Si/c1-14(2,3)23(4,5)22-9-7-6-8-16-13-11(19(20)21)12(15)17-10-18-13/h10H,6-9H2,1-5H3,(H,16,17,18). The van der Waals surface area contributed by atoms with Gasteiger partial charge in [0.25, 0.3) is 0 Å². The van der Waals surface area contributed by atoms with Crippen LogP contribution in [0, 0.1) is 10.1 Å². The second-order valence-electron chi connectivity index (χ2n) is 6.86. The zero-order valence-electron chi connectivity index (χ0n) is 14.4. The van der Waals surface area contributed by atoms with Crippen LogP contribution < -0.4 is 5.32 Å². The molecule has 0 aliphatic heterocycles. The molecule has 0 radical (unpaired) electrons. The average Bonchev–Trinajstić information content (AvgIpc) is 2.40. The molecule has 23 heavy (non-hydrogen) atoms. The Morgan fingerprint density at radius 2 is 2.00 bits per heavy atom. The Bertz CT molecular complexity index is 549. The van der Waals surface area contributed by atoms with Crippen molar-refractivity contribution >= 4 is 31.4 Å². The minimum atomic E-state index is -1.71. The third-order valence-electron chi connectivity index (χ3n) is 4.09. The van der Waals surface area contributed by atoms with Crippen LogP contribution in [0.1, 0.15) is 33.6 Å². The van der Waals surface area contributed by atoms with Crippen molar-refractivity contribution in [3.05, 3.63) is 21.6 Å². The number of unbranched alkanes of at least 4 members (excludes halogenated alkanes) is 1. The number of nitrogens with zero attached hydrogens (tertiary/aromatic N) is 3. The Hall–Kier alpha value is -1.25. The summed E-state index contributed by atoms with van der Waals surface area (Å²) in [6.07, 6.45) is 2.91. The second kappa shape index (κ2) is 8.03. The van der Waals surface area contributed by atoms with Gasteiger partial charge in [-0.15, -0.1) is 0 Å². The van der Waals surface area contributed by atoms with Gasteiger partial charge in [-0.25, -0.2) is 9.97 Å². The number of nitrogens with one attached hydrogen (secondary N) is 1. The predicted molar refractivity (Wildman–Crippen MR) is 94.6 cm³/mol. The molecule has 0 aliphatic rings. The molecule has 1 aromatic rings. The van der Waals surface area contributed by atoms with Gasteiger partial charge in [0.2, 0.25) is 11.0 Å². The molecule has 1 aromatic heterocycles. The van der Waals surface area contributed by atoms with Gasteiger partial charge in [-0.05, 0) is 31.0 Å². The van der Waals surface area contributed by atoms with Crippen molar-refractivity contribution in [2.45, 2.75) is 51.7 Å². The second-order valence-corrected chi connectivity index (χ2v) is 12.0. The maximum Gasteiger partial charge on any atom is 0.348 e. The van der Waals surface area contributed by atoms with E-state index < -0.39 is 13.2 Å². The number of hydrogen-bond acceptors (Lipinski definition) is 6. The first kappa shape index (κ1) is 19.8. The van der Waals surface area contributed by atoms with Gasteiger partial charge in [-0.2, -0.15) is 0 Å². The zero-order valence-corrected chi connectivity index (χ0v) is 16.1. The molecule has 0 bridgehead atoms. The number of rotatable bonds is 8. The van der Waals surface area contributed by atoms with E-state index in [0.717, 1.165) is 12.8 Å². The van der Waals surface area contributed by atoms with Gasteiger partial charge < -0.3 is 9.74 Å². The summed E-state index contributed by atoms with van der Waals surface area (Å²) in [4.78, 5) is 17.9. The molecule has 0 fully saturated rings. The third-order valence-corrected chi connectivity index (χ3v) is 8.91. The third kappa shape index (κ3) is 5.71. The summed E-state index contributed by atoms with van der Waals surface area (Å²) in [7, 11) is -1.71. The average molecular weight is 361 g/mol. The molecule has 0 saturated heterocycles. The van der Waals surface area contributed by atoms with Gasteiger partial charge in [0, 0.05) is 13.2 Å². The highest BCUT2D eigenvalue weighted by molar-refractivity contribution is 6.74. The molecule has 0 aromatic carbocycles. The van der Waals surface area contributed by atoms with Gasteiger partial charge in [-0.1, -0.05) is 32.4 Å².